The zero-order valence-electron chi connectivity index (χ0n) is 28.7. The van der Waals surface area contributed by atoms with Gasteiger partial charge in [-0.25, -0.2) is 4.79 Å². The molecule has 6 rings (SSSR count). The number of anilines is 1. The van der Waals surface area contributed by atoms with E-state index in [1.807, 2.05) is 12.1 Å². The largest absolute Gasteiger partial charge is 0.480 e. The Morgan fingerprint density at radius 1 is 0.566 bits per heavy atom. The van der Waals surface area contributed by atoms with E-state index in [9.17, 15) is 33.9 Å². The number of halogens is 1. The molecule has 1 unspecified atom stereocenters. The van der Waals surface area contributed by atoms with Gasteiger partial charge in [0.1, 0.15) is 24.2 Å². The molecule has 53 heavy (non-hydrogen) atoms. The molecule has 13 heteroatoms. The van der Waals surface area contributed by atoms with Crippen molar-refractivity contribution >= 4 is 57.1 Å². The van der Waals surface area contributed by atoms with Gasteiger partial charge in [0.25, 0.3) is 0 Å². The lowest BCUT2D eigenvalue weighted by Crippen LogP contribution is -2.59. The van der Waals surface area contributed by atoms with Crippen LogP contribution in [0.25, 0.3) is 0 Å². The van der Waals surface area contributed by atoms with Gasteiger partial charge in [-0.05, 0) is 46.5 Å². The number of aliphatic carboxylic acids is 1. The highest BCUT2D eigenvalue weighted by atomic mass is 79.9. The van der Waals surface area contributed by atoms with Crippen molar-refractivity contribution in [3.05, 3.63) is 136 Å². The van der Waals surface area contributed by atoms with E-state index in [2.05, 4.69) is 42.5 Å². The van der Waals surface area contributed by atoms with Crippen molar-refractivity contribution in [3.8, 4) is 0 Å². The minimum atomic E-state index is -1.35. The van der Waals surface area contributed by atoms with E-state index < -0.39 is 59.7 Å². The molecule has 0 saturated carbocycles. The minimum Gasteiger partial charge on any atom is -0.480 e. The molecule has 4 atom stereocenters. The van der Waals surface area contributed by atoms with Crippen LogP contribution in [-0.2, 0) is 54.5 Å². The van der Waals surface area contributed by atoms with Gasteiger partial charge in [-0.3, -0.25) is 24.0 Å². The zero-order valence-corrected chi connectivity index (χ0v) is 30.3. The van der Waals surface area contributed by atoms with E-state index in [4.69, 9.17) is 0 Å². The van der Waals surface area contributed by atoms with E-state index >= 15 is 0 Å². The molecule has 0 fully saturated rings. The Bertz CT molecular complexity index is 1910. The van der Waals surface area contributed by atoms with Crippen molar-refractivity contribution in [3.63, 3.8) is 0 Å². The van der Waals surface area contributed by atoms with Gasteiger partial charge in [-0.1, -0.05) is 101 Å². The van der Waals surface area contributed by atoms with Crippen LogP contribution >= 0.6 is 15.9 Å². The molecular formula is C40H40BrN5O7. The summed E-state index contributed by atoms with van der Waals surface area (Å²) >= 11 is 3.41. The molecule has 274 valence electrons. The number of fused-ring (bicyclic) bond motifs is 18. The Hall–Kier alpha value is -5.82. The molecule has 2 aliphatic rings. The highest BCUT2D eigenvalue weighted by molar-refractivity contribution is 9.10. The minimum absolute atomic E-state index is 0.0320. The summed E-state index contributed by atoms with van der Waals surface area (Å²) in [7, 11) is 0. The van der Waals surface area contributed by atoms with Crippen molar-refractivity contribution in [2.24, 2.45) is 0 Å². The second kappa shape index (κ2) is 18.6. The first kappa shape index (κ1) is 38.4. The molecule has 0 aliphatic carbocycles. The monoisotopic (exact) mass is 781 g/mol. The molecule has 6 N–H and O–H groups in total. The predicted octanol–water partition coefficient (Wildman–Crippen LogP) is 3.48. The second-order valence-electron chi connectivity index (χ2n) is 12.8. The highest BCUT2D eigenvalue weighted by Crippen LogP contribution is 2.15. The highest BCUT2D eigenvalue weighted by Gasteiger charge is 2.32. The van der Waals surface area contributed by atoms with E-state index in [1.165, 1.54) is 0 Å². The van der Waals surface area contributed by atoms with Crippen LogP contribution in [0.15, 0.2) is 114 Å². The molecular weight excluding hydrogens is 742 g/mol. The van der Waals surface area contributed by atoms with Gasteiger partial charge in [0.2, 0.25) is 29.5 Å². The van der Waals surface area contributed by atoms with Gasteiger partial charge in [0, 0.05) is 48.7 Å². The molecule has 0 aromatic heterocycles. The van der Waals surface area contributed by atoms with Crippen LogP contribution in [0, 0.1) is 0 Å². The molecule has 2 bridgehead atoms. The lowest BCUT2D eigenvalue weighted by Gasteiger charge is -2.26. The molecule has 2 heterocycles. The number of hydrogen-bond donors (Lipinski definition) is 6. The van der Waals surface area contributed by atoms with Crippen LogP contribution in [0.4, 0.5) is 5.69 Å². The van der Waals surface area contributed by atoms with Crippen molar-refractivity contribution in [2.45, 2.75) is 62.7 Å². The van der Waals surface area contributed by atoms with E-state index in [1.54, 1.807) is 97.1 Å². The number of hydrogen-bond acceptors (Lipinski definition) is 6. The van der Waals surface area contributed by atoms with Crippen LogP contribution in [0.1, 0.15) is 35.1 Å². The molecule has 2 aliphatic heterocycles. The zero-order chi connectivity index (χ0) is 37.7. The molecule has 4 aromatic carbocycles. The van der Waals surface area contributed by atoms with Crippen LogP contribution in [0.5, 0.6) is 0 Å². The Morgan fingerprint density at radius 3 is 1.53 bits per heavy atom. The van der Waals surface area contributed by atoms with Gasteiger partial charge < -0.3 is 31.7 Å². The maximum atomic E-state index is 14.2. The van der Waals surface area contributed by atoms with Gasteiger partial charge >= 0.3 is 5.97 Å². The molecule has 12 nitrogen and oxygen atoms in total. The Balaban J connectivity index is 1.50. The summed E-state index contributed by atoms with van der Waals surface area (Å²) < 4.78 is 0.810. The first-order valence-electron chi connectivity index (χ1n) is 17.2. The lowest BCUT2D eigenvalue weighted by atomic mass is 10.0. The van der Waals surface area contributed by atoms with Crippen molar-refractivity contribution in [1.82, 2.24) is 21.3 Å². The van der Waals surface area contributed by atoms with Gasteiger partial charge in [0.15, 0.2) is 0 Å². The molecule has 0 radical (unpaired) electrons. The Labute approximate surface area is 315 Å². The molecule has 0 spiro atoms. The van der Waals surface area contributed by atoms with Crippen LogP contribution in [0.3, 0.4) is 0 Å². The van der Waals surface area contributed by atoms with E-state index in [0.717, 1.165) is 10.0 Å². The van der Waals surface area contributed by atoms with Gasteiger partial charge in [-0.15, -0.1) is 0 Å². The summed E-state index contributed by atoms with van der Waals surface area (Å²) in [4.78, 5) is 80.4. The fourth-order valence-corrected chi connectivity index (χ4v) is 6.14. The average Bonchev–Trinajstić information content (AvgIpc) is 3.15. The number of carboxylic acid groups (broad SMARTS) is 1. The normalized spacial score (nSPS) is 20.5. The van der Waals surface area contributed by atoms with Gasteiger partial charge in [0.05, 0.1) is 0 Å². The maximum Gasteiger partial charge on any atom is 0.326 e. The summed E-state index contributed by atoms with van der Waals surface area (Å²) in [6, 6.07) is 26.7. The predicted molar refractivity (Wildman–Crippen MR) is 202 cm³/mol. The van der Waals surface area contributed by atoms with Crippen LogP contribution < -0.4 is 26.6 Å². The maximum absolute atomic E-state index is 14.2. The number of carbonyl (C=O) groups excluding carboxylic acids is 5. The number of carbonyl (C=O) groups is 6. The lowest BCUT2D eigenvalue weighted by molar-refractivity contribution is -0.142. The van der Waals surface area contributed by atoms with E-state index in [-0.39, 0.29) is 38.5 Å². The average molecular weight is 783 g/mol. The number of nitrogens with one attached hydrogen (secondary N) is 5. The summed E-state index contributed by atoms with van der Waals surface area (Å²) in [6.07, 6.45) is -0.293. The first-order chi connectivity index (χ1) is 25.5. The number of rotatable bonds is 7. The third-order valence-corrected chi connectivity index (χ3v) is 9.24. The Kier molecular flexibility index (Phi) is 13.5. The Morgan fingerprint density at radius 2 is 1.02 bits per heavy atom. The van der Waals surface area contributed by atoms with Crippen LogP contribution in [0.2, 0.25) is 0 Å². The fourth-order valence-electron chi connectivity index (χ4n) is 5.88. The third kappa shape index (κ3) is 11.9. The number of carboxylic acids is 1. The second-order valence-corrected chi connectivity index (χ2v) is 13.7. The quantitative estimate of drug-likeness (QED) is 0.155. The fraction of sp³-hybridized carbons (Fsp3) is 0.250. The number of amides is 5. The van der Waals surface area contributed by atoms with E-state index in [0.29, 0.717) is 22.4 Å². The summed E-state index contributed by atoms with van der Waals surface area (Å²) in [6.45, 7) is 0. The van der Waals surface area contributed by atoms with Crippen molar-refractivity contribution in [2.75, 3.05) is 5.32 Å². The van der Waals surface area contributed by atoms with Gasteiger partial charge in [-0.2, -0.15) is 0 Å². The summed E-state index contributed by atoms with van der Waals surface area (Å²) in [5.41, 5.74) is 3.18. The smallest absolute Gasteiger partial charge is 0.326 e. The molecule has 5 amide bonds. The SMILES string of the molecule is O=C1CCC(=O)NC(Cc2ccccc2)C(=O)N[C@@H](Cc2ccc(Br)cc2)C(=O)N[C@H](Cc2ccccc2)C(=O)N[C@@H](C(=O)O)Cc2ccc(cc2)N1. The molecule has 0 saturated heterocycles. The topological polar surface area (TPSA) is 183 Å². The van der Waals surface area contributed by atoms with Crippen molar-refractivity contribution < 1.29 is 33.9 Å². The summed E-state index contributed by atoms with van der Waals surface area (Å²) in [5.74, 6) is -4.31. The van der Waals surface area contributed by atoms with Crippen molar-refractivity contribution in [1.29, 1.82) is 0 Å². The summed E-state index contributed by atoms with van der Waals surface area (Å²) in [5, 5.41) is 23.7. The number of benzene rings is 4. The van der Waals surface area contributed by atoms with Crippen LogP contribution in [-0.4, -0.2) is 64.8 Å². The first-order valence-corrected chi connectivity index (χ1v) is 18.0. The molecule has 4 aromatic rings. The standard InChI is InChI=1S/C40H40BrN5O7/c41-29-15-11-27(12-16-29)23-33-38(50)45-32(22-26-9-5-2-6-10-26)39(51)46-34(40(52)53)24-28-13-17-30(18-14-28)42-35(47)19-20-36(48)43-31(37(49)44-33)21-25-7-3-1-4-8-25/h1-18,31-34H,19-24H2,(H,42,47)(H,43,48)(H,44,49)(H,45,50)(H,46,51)(H,52,53)/t31?,32-,33+,34-/m1/s1. The third-order valence-electron chi connectivity index (χ3n) is 8.71.